The van der Waals surface area contributed by atoms with Crippen LogP contribution < -0.4 is 0 Å². The van der Waals surface area contributed by atoms with Gasteiger partial charge in [0.15, 0.2) is 0 Å². The average molecular weight is 138 g/mol. The van der Waals surface area contributed by atoms with Gasteiger partial charge in [-0.25, -0.2) is 0 Å². The summed E-state index contributed by atoms with van der Waals surface area (Å²) in [6, 6.07) is 0. The van der Waals surface area contributed by atoms with E-state index < -0.39 is 0 Å². The quantitative estimate of drug-likeness (QED) is 0.524. The molecule has 10 heavy (non-hydrogen) atoms. The molecule has 0 aliphatic rings. The second-order valence-corrected chi connectivity index (χ2v) is 3.09. The third kappa shape index (κ3) is 3.17. The fourth-order valence-corrected chi connectivity index (χ4v) is 0.261. The van der Waals surface area contributed by atoms with Crippen molar-refractivity contribution in [3.63, 3.8) is 0 Å². The van der Waals surface area contributed by atoms with E-state index in [2.05, 4.69) is 23.4 Å². The average Bonchev–Trinajstić information content (AvgIpc) is 1.80. The number of nitrogens with zero attached hydrogens (tertiary/aromatic N) is 2. The molecule has 0 radical (unpaired) electrons. The zero-order valence-corrected chi connectivity index (χ0v) is 6.89. The van der Waals surface area contributed by atoms with E-state index in [0.717, 1.165) is 5.70 Å². The molecule has 0 saturated heterocycles. The smallest absolute Gasteiger partial charge is 0.0612 e. The summed E-state index contributed by atoms with van der Waals surface area (Å²) >= 11 is 0. The van der Waals surface area contributed by atoms with Crippen molar-refractivity contribution in [2.45, 2.75) is 20.8 Å². The Labute approximate surface area is 62.4 Å². The molecule has 0 saturated carbocycles. The molecule has 0 heterocycles. The summed E-state index contributed by atoms with van der Waals surface area (Å²) in [7, 11) is 0. The molecule has 0 atom stereocenters. The van der Waals surface area contributed by atoms with E-state index in [1.807, 2.05) is 20.8 Å². The number of hydrogen-bond donors (Lipinski definition) is 0. The molecule has 0 aromatic rings. The lowest BCUT2D eigenvalue weighted by atomic mass is 9.94. The first-order valence-electron chi connectivity index (χ1n) is 3.19. The van der Waals surface area contributed by atoms with Crippen molar-refractivity contribution in [3.8, 4) is 0 Å². The predicted molar refractivity (Wildman–Crippen MR) is 43.6 cm³/mol. The van der Waals surface area contributed by atoms with Crippen molar-refractivity contribution in [1.82, 2.24) is 0 Å². The minimum absolute atomic E-state index is 0.00646. The van der Waals surface area contributed by atoms with E-state index in [4.69, 9.17) is 0 Å². The lowest BCUT2D eigenvalue weighted by molar-refractivity contribution is 0.495. The topological polar surface area (TPSA) is 24.7 Å². The van der Waals surface area contributed by atoms with Gasteiger partial charge in [0.25, 0.3) is 0 Å². The van der Waals surface area contributed by atoms with Crippen molar-refractivity contribution in [2.24, 2.45) is 15.6 Å². The summed E-state index contributed by atoms with van der Waals surface area (Å²) in [6.45, 7) is 13.3. The molecule has 0 amide bonds. The Morgan fingerprint density at radius 2 is 1.90 bits per heavy atom. The fraction of sp³-hybridized carbons (Fsp3) is 0.500. The van der Waals surface area contributed by atoms with E-state index in [1.54, 1.807) is 0 Å². The highest BCUT2D eigenvalue weighted by molar-refractivity contribution is 5.01. The van der Waals surface area contributed by atoms with Gasteiger partial charge in [-0.2, -0.15) is 10.2 Å². The molecule has 2 heteroatoms. The predicted octanol–water partition coefficient (Wildman–Crippen LogP) is 3.14. The summed E-state index contributed by atoms with van der Waals surface area (Å²) < 4.78 is 0. The van der Waals surface area contributed by atoms with Crippen LogP contribution in [0, 0.1) is 5.41 Å². The maximum atomic E-state index is 3.83. The van der Waals surface area contributed by atoms with Gasteiger partial charge in [-0.05, 0) is 0 Å². The van der Waals surface area contributed by atoms with Gasteiger partial charge in [0.1, 0.15) is 0 Å². The summed E-state index contributed by atoms with van der Waals surface area (Å²) in [5.74, 6) is 0. The van der Waals surface area contributed by atoms with E-state index in [0.29, 0.717) is 0 Å². The van der Waals surface area contributed by atoms with Crippen LogP contribution in [-0.2, 0) is 0 Å². The molecule has 0 unspecified atom stereocenters. The number of rotatable bonds is 2. The van der Waals surface area contributed by atoms with E-state index in [9.17, 15) is 0 Å². The number of hydrogen-bond acceptors (Lipinski definition) is 2. The Balaban J connectivity index is 4.11. The minimum atomic E-state index is 0.00646. The molecular formula is C8H14N2. The Hall–Kier alpha value is -0.920. The largest absolute Gasteiger partial charge is 0.160 e. The summed E-state index contributed by atoms with van der Waals surface area (Å²) in [5, 5.41) is 7.45. The van der Waals surface area contributed by atoms with Crippen molar-refractivity contribution in [2.75, 3.05) is 0 Å². The zero-order valence-electron chi connectivity index (χ0n) is 6.89. The lowest BCUT2D eigenvalue weighted by Crippen LogP contribution is -2.05. The first kappa shape index (κ1) is 9.08. The van der Waals surface area contributed by atoms with Crippen LogP contribution in [-0.4, -0.2) is 0 Å². The van der Waals surface area contributed by atoms with Gasteiger partial charge in [-0.1, -0.05) is 33.9 Å². The zero-order chi connectivity index (χ0) is 8.20. The molecule has 0 aromatic carbocycles. The fourth-order valence-electron chi connectivity index (χ4n) is 0.261. The number of azo groups is 1. The Morgan fingerprint density at radius 3 is 2.20 bits per heavy atom. The normalized spacial score (nSPS) is 11.9. The molecule has 0 aliphatic heterocycles. The van der Waals surface area contributed by atoms with Gasteiger partial charge in [0.2, 0.25) is 0 Å². The lowest BCUT2D eigenvalue weighted by Gasteiger charge is -2.15. The molecule has 2 nitrogen and oxygen atoms in total. The summed E-state index contributed by atoms with van der Waals surface area (Å²) in [4.78, 5) is 0. The van der Waals surface area contributed by atoms with Crippen molar-refractivity contribution in [3.05, 3.63) is 25.1 Å². The van der Waals surface area contributed by atoms with E-state index >= 15 is 0 Å². The van der Waals surface area contributed by atoms with Gasteiger partial charge in [0, 0.05) is 11.6 Å². The van der Waals surface area contributed by atoms with Crippen LogP contribution in [0.25, 0.3) is 0 Å². The Bertz CT molecular complexity index is 161. The molecule has 0 bridgehead atoms. The Morgan fingerprint density at radius 1 is 1.40 bits per heavy atom. The van der Waals surface area contributed by atoms with Crippen molar-refractivity contribution in [1.29, 1.82) is 0 Å². The van der Waals surface area contributed by atoms with Crippen LogP contribution in [0.5, 0.6) is 0 Å². The van der Waals surface area contributed by atoms with Crippen molar-refractivity contribution >= 4 is 0 Å². The third-order valence-electron chi connectivity index (χ3n) is 1.13. The SMILES string of the molecule is C=CN=NC(=C)C(C)(C)C. The minimum Gasteiger partial charge on any atom is -0.160 e. The molecule has 0 aliphatic carbocycles. The van der Waals surface area contributed by atoms with Gasteiger partial charge in [0.05, 0.1) is 5.70 Å². The van der Waals surface area contributed by atoms with Gasteiger partial charge in [-0.3, -0.25) is 0 Å². The molecule has 56 valence electrons. The van der Waals surface area contributed by atoms with E-state index in [1.165, 1.54) is 6.20 Å². The molecule has 0 N–H and O–H groups in total. The maximum absolute atomic E-state index is 3.83. The van der Waals surface area contributed by atoms with Gasteiger partial charge < -0.3 is 0 Å². The van der Waals surface area contributed by atoms with Crippen LogP contribution in [0.2, 0.25) is 0 Å². The van der Waals surface area contributed by atoms with Crippen LogP contribution in [0.4, 0.5) is 0 Å². The second kappa shape index (κ2) is 3.30. The third-order valence-corrected chi connectivity index (χ3v) is 1.13. The molecular weight excluding hydrogens is 124 g/mol. The van der Waals surface area contributed by atoms with Crippen molar-refractivity contribution < 1.29 is 0 Å². The van der Waals surface area contributed by atoms with Crippen LogP contribution in [0.15, 0.2) is 35.3 Å². The Kier molecular flexibility index (Phi) is 3.00. The summed E-state index contributed by atoms with van der Waals surface area (Å²) in [6.07, 6.45) is 1.40. The first-order valence-corrected chi connectivity index (χ1v) is 3.19. The maximum Gasteiger partial charge on any atom is 0.0612 e. The highest BCUT2D eigenvalue weighted by atomic mass is 15.1. The molecule has 0 rings (SSSR count). The summed E-state index contributed by atoms with van der Waals surface area (Å²) in [5.41, 5.74) is 0.777. The van der Waals surface area contributed by atoms with E-state index in [-0.39, 0.29) is 5.41 Å². The second-order valence-electron chi connectivity index (χ2n) is 3.09. The molecule has 0 fully saturated rings. The highest BCUT2D eigenvalue weighted by Crippen LogP contribution is 2.24. The van der Waals surface area contributed by atoms with Crippen LogP contribution in [0.1, 0.15) is 20.8 Å². The van der Waals surface area contributed by atoms with Crippen LogP contribution in [0.3, 0.4) is 0 Å². The molecule has 0 aromatic heterocycles. The van der Waals surface area contributed by atoms with Gasteiger partial charge in [-0.15, -0.1) is 0 Å². The van der Waals surface area contributed by atoms with Gasteiger partial charge >= 0.3 is 0 Å². The monoisotopic (exact) mass is 138 g/mol. The highest BCUT2D eigenvalue weighted by Gasteiger charge is 2.13. The molecule has 0 spiro atoms. The first-order chi connectivity index (χ1) is 4.48. The number of allylic oxidation sites excluding steroid dienone is 1. The van der Waals surface area contributed by atoms with Crippen LogP contribution >= 0.6 is 0 Å². The standard InChI is InChI=1S/C8H14N2/c1-6-9-10-7(2)8(3,4)5/h6H,1-2H2,3-5H3.